The second-order valence-corrected chi connectivity index (χ2v) is 10.4. The van der Waals surface area contributed by atoms with Crippen LogP contribution in [-0.2, 0) is 29.8 Å². The summed E-state index contributed by atoms with van der Waals surface area (Å²) in [5.41, 5.74) is 9.54. The number of benzene rings is 4. The summed E-state index contributed by atoms with van der Waals surface area (Å²) in [5.74, 6) is 0.584. The summed E-state index contributed by atoms with van der Waals surface area (Å²) < 4.78 is 0. The van der Waals surface area contributed by atoms with E-state index < -0.39 is 0 Å². The Labute approximate surface area is 265 Å². The SMILES string of the molecule is CC(C)c1cc2c(-c3ccccc3)cccc2[cH-]1.CCCc1cc2c(-c3ccccc3)ccc(C)c2[cH-]1.[CH3-].[CH3-].[Si]=[Zr]. The molecule has 6 rings (SSSR count). The molecule has 0 unspecified atom stereocenters. The molecular weight excluding hydrogens is 588 g/mol. The molecule has 41 heavy (non-hydrogen) atoms. The summed E-state index contributed by atoms with van der Waals surface area (Å²) in [6.07, 6.45) is 2.37. The zero-order valence-corrected chi connectivity index (χ0v) is 28.9. The maximum absolute atomic E-state index is 3.06. The van der Waals surface area contributed by atoms with E-state index in [-0.39, 0.29) is 14.9 Å². The van der Waals surface area contributed by atoms with Crippen molar-refractivity contribution in [3.63, 3.8) is 0 Å². The van der Waals surface area contributed by atoms with E-state index in [0.29, 0.717) is 5.92 Å². The van der Waals surface area contributed by atoms with Crippen LogP contribution in [0.2, 0.25) is 0 Å². The van der Waals surface area contributed by atoms with Crippen LogP contribution >= 0.6 is 0 Å². The molecule has 0 aliphatic rings. The molecule has 2 heteroatoms. The normalized spacial score (nSPS) is 10.1. The van der Waals surface area contributed by atoms with Gasteiger partial charge in [-0.15, -0.1) is 68.6 Å². The van der Waals surface area contributed by atoms with Crippen LogP contribution in [0.25, 0.3) is 43.8 Å². The third-order valence-corrected chi connectivity index (χ3v) is 7.31. The van der Waals surface area contributed by atoms with Crippen LogP contribution in [0.15, 0.2) is 115 Å². The van der Waals surface area contributed by atoms with Crippen molar-refractivity contribution in [1.29, 1.82) is 0 Å². The Morgan fingerprint density at radius 1 is 0.683 bits per heavy atom. The first-order valence-electron chi connectivity index (χ1n) is 13.8. The van der Waals surface area contributed by atoms with Crippen LogP contribution in [-0.4, -0.2) is 6.88 Å². The molecule has 0 aromatic heterocycles. The molecule has 0 atom stereocenters. The Bertz CT molecular complexity index is 1620. The van der Waals surface area contributed by atoms with Crippen molar-refractivity contribution in [2.45, 2.75) is 46.5 Å². The minimum atomic E-state index is 0. The molecule has 0 saturated carbocycles. The second kappa shape index (κ2) is 16.6. The predicted molar refractivity (Wildman–Crippen MR) is 181 cm³/mol. The second-order valence-electron chi connectivity index (χ2n) is 10.4. The van der Waals surface area contributed by atoms with E-state index in [1.165, 1.54) is 96.7 Å². The number of fused-ring (bicyclic) bond motifs is 2. The molecule has 0 fully saturated rings. The molecule has 0 aliphatic heterocycles. The number of hydrogen-bond donors (Lipinski definition) is 0. The zero-order chi connectivity index (χ0) is 27.8. The maximum atomic E-state index is 3.06. The van der Waals surface area contributed by atoms with Crippen molar-refractivity contribution in [3.05, 3.63) is 147 Å². The molecule has 0 amide bonds. The molecule has 0 saturated heterocycles. The standard InChI is InChI=1S/C19H19.C18H17.2CH3.Si.Zr/c1-3-7-15-12-18-14(2)10-11-17(19(18)13-15)16-8-5-4-6-9-16;1-13(2)16-11-15-9-6-10-17(18(15)12-16)14-7-4-3-5-8-14;;;;/h4-6,8-13H,3,7H2,1-2H3;3-13H,1-2H3;2*1H3;;/q4*-1;;. The number of hydrogen-bond acceptors (Lipinski definition) is 0. The van der Waals surface area contributed by atoms with E-state index >= 15 is 0 Å². The van der Waals surface area contributed by atoms with Gasteiger partial charge in [-0.05, 0) is 23.5 Å². The van der Waals surface area contributed by atoms with Gasteiger partial charge in [-0.3, -0.25) is 0 Å². The van der Waals surface area contributed by atoms with Crippen molar-refractivity contribution in [3.8, 4) is 22.3 Å². The van der Waals surface area contributed by atoms with E-state index in [4.69, 9.17) is 0 Å². The van der Waals surface area contributed by atoms with Crippen molar-refractivity contribution < 1.29 is 23.3 Å². The Morgan fingerprint density at radius 3 is 1.83 bits per heavy atom. The fourth-order valence-electron chi connectivity index (χ4n) is 5.27. The average Bonchev–Trinajstić information content (AvgIpc) is 3.61. The Morgan fingerprint density at radius 2 is 1.27 bits per heavy atom. The van der Waals surface area contributed by atoms with Crippen LogP contribution in [0.1, 0.15) is 49.8 Å². The summed E-state index contributed by atoms with van der Waals surface area (Å²) in [7, 11) is 0. The van der Waals surface area contributed by atoms with Gasteiger partial charge in [-0.2, -0.15) is 12.1 Å². The van der Waals surface area contributed by atoms with Crippen molar-refractivity contribution >= 4 is 28.4 Å². The summed E-state index contributed by atoms with van der Waals surface area (Å²) in [4.78, 5) is 0. The van der Waals surface area contributed by atoms with Gasteiger partial charge in [0.1, 0.15) is 0 Å². The van der Waals surface area contributed by atoms with Crippen LogP contribution in [0.3, 0.4) is 0 Å². The van der Waals surface area contributed by atoms with Gasteiger partial charge < -0.3 is 14.9 Å². The van der Waals surface area contributed by atoms with E-state index in [9.17, 15) is 0 Å². The molecule has 0 spiro atoms. The fourth-order valence-corrected chi connectivity index (χ4v) is 5.27. The predicted octanol–water partition coefficient (Wildman–Crippen LogP) is 11.4. The van der Waals surface area contributed by atoms with Gasteiger partial charge in [0.25, 0.3) is 0 Å². The van der Waals surface area contributed by atoms with Crippen LogP contribution in [0, 0.1) is 21.8 Å². The number of rotatable bonds is 5. The molecule has 0 aliphatic carbocycles. The van der Waals surface area contributed by atoms with E-state index in [0.717, 1.165) is 0 Å². The Kier molecular flexibility index (Phi) is 13.9. The third-order valence-electron chi connectivity index (χ3n) is 7.31. The summed E-state index contributed by atoms with van der Waals surface area (Å²) in [6.45, 7) is 12.0. The van der Waals surface area contributed by atoms with Crippen molar-refractivity contribution in [2.24, 2.45) is 0 Å². The first-order chi connectivity index (χ1) is 19.0. The summed E-state index contributed by atoms with van der Waals surface area (Å²) in [6, 6.07) is 41.7. The fraction of sp³-hybridized carbons (Fsp3) is 0.179. The van der Waals surface area contributed by atoms with Crippen LogP contribution in [0.4, 0.5) is 0 Å². The molecule has 0 nitrogen and oxygen atoms in total. The average molecular weight is 630 g/mol. The Hall–Kier alpha value is -2.80. The van der Waals surface area contributed by atoms with Crippen LogP contribution in [0.5, 0.6) is 0 Å². The third kappa shape index (κ3) is 8.15. The molecule has 2 radical (unpaired) electrons. The summed E-state index contributed by atoms with van der Waals surface area (Å²) in [5, 5.41) is 5.52. The molecular formula is C39H42SiZr-4. The van der Waals surface area contributed by atoms with Crippen molar-refractivity contribution in [2.75, 3.05) is 0 Å². The minimum absolute atomic E-state index is 0. The van der Waals surface area contributed by atoms with Gasteiger partial charge in [-0.1, -0.05) is 118 Å². The summed E-state index contributed by atoms with van der Waals surface area (Å²) >= 11 is 1.36. The zero-order valence-electron chi connectivity index (χ0n) is 25.5. The van der Waals surface area contributed by atoms with Gasteiger partial charge in [0.15, 0.2) is 0 Å². The van der Waals surface area contributed by atoms with E-state index in [2.05, 4.69) is 150 Å². The molecule has 6 aromatic carbocycles. The van der Waals surface area contributed by atoms with Crippen LogP contribution < -0.4 is 0 Å². The van der Waals surface area contributed by atoms with E-state index in [1.54, 1.807) is 0 Å². The topological polar surface area (TPSA) is 0 Å². The van der Waals surface area contributed by atoms with Gasteiger partial charge in [0.2, 0.25) is 0 Å². The molecule has 0 N–H and O–H groups in total. The van der Waals surface area contributed by atoms with Crippen molar-refractivity contribution in [1.82, 2.24) is 0 Å². The Balaban J connectivity index is 0.000000259. The first-order valence-corrected chi connectivity index (χ1v) is 18.0. The van der Waals surface area contributed by atoms with Gasteiger partial charge in [0, 0.05) is 0 Å². The molecule has 0 heterocycles. The van der Waals surface area contributed by atoms with Gasteiger partial charge in [-0.25, -0.2) is 0 Å². The quantitative estimate of drug-likeness (QED) is 0.131. The van der Waals surface area contributed by atoms with Gasteiger partial charge in [0.05, 0.1) is 0 Å². The van der Waals surface area contributed by atoms with E-state index in [1.807, 2.05) is 0 Å². The molecule has 0 bridgehead atoms. The molecule has 6 aromatic rings. The molecule has 210 valence electrons. The monoisotopic (exact) mass is 628 g/mol. The number of aryl methyl sites for hydroxylation is 2. The first kappa shape index (κ1) is 34.4. The van der Waals surface area contributed by atoms with Gasteiger partial charge >= 0.3 is 30.2 Å².